The van der Waals surface area contributed by atoms with Crippen LogP contribution in [0.4, 0.5) is 0 Å². The zero-order chi connectivity index (χ0) is 21.5. The van der Waals surface area contributed by atoms with Crippen LogP contribution in [0.3, 0.4) is 0 Å². The predicted octanol–water partition coefficient (Wildman–Crippen LogP) is 4.93. The molecule has 0 heterocycles. The summed E-state index contributed by atoms with van der Waals surface area (Å²) in [6, 6.07) is 18.6. The fraction of sp³-hybridized carbons (Fsp3) is 0.0833. The molecule has 30 heavy (non-hydrogen) atoms. The molecule has 0 radical (unpaired) electrons. The van der Waals surface area contributed by atoms with Crippen LogP contribution < -0.4 is 14.2 Å². The molecule has 3 rings (SSSR count). The highest BCUT2D eigenvalue weighted by Gasteiger charge is 2.12. The quantitative estimate of drug-likeness (QED) is 0.326. The molecule has 0 atom stereocenters. The van der Waals surface area contributed by atoms with Crippen molar-refractivity contribution in [2.45, 2.75) is 0 Å². The van der Waals surface area contributed by atoms with Crippen molar-refractivity contribution < 1.29 is 28.9 Å². The lowest BCUT2D eigenvalue weighted by atomic mass is 10.0. The third-order valence-corrected chi connectivity index (χ3v) is 4.33. The SMILES string of the molecule is COc1cc(C=C(C(=O)O)c2ccc(Oc3ccc(C=O)cc3)cc2)cc(OC)c1. The number of carboxylic acids is 1. The van der Waals surface area contributed by atoms with E-state index < -0.39 is 5.97 Å². The van der Waals surface area contributed by atoms with E-state index in [1.54, 1.807) is 72.8 Å². The van der Waals surface area contributed by atoms with E-state index in [4.69, 9.17) is 14.2 Å². The molecule has 6 nitrogen and oxygen atoms in total. The summed E-state index contributed by atoms with van der Waals surface area (Å²) in [5.41, 5.74) is 1.84. The maximum atomic E-state index is 11.9. The summed E-state index contributed by atoms with van der Waals surface area (Å²) in [6.07, 6.45) is 2.32. The number of carbonyl (C=O) groups excluding carboxylic acids is 1. The number of aliphatic carboxylic acids is 1. The molecule has 0 aromatic heterocycles. The number of methoxy groups -OCH3 is 2. The molecule has 0 unspecified atom stereocenters. The summed E-state index contributed by atoms with van der Waals surface area (Å²) in [4.78, 5) is 22.6. The smallest absolute Gasteiger partial charge is 0.336 e. The minimum Gasteiger partial charge on any atom is -0.497 e. The van der Waals surface area contributed by atoms with Gasteiger partial charge in [-0.05, 0) is 65.7 Å². The molecular formula is C24H20O6. The second kappa shape index (κ2) is 9.43. The fourth-order valence-corrected chi connectivity index (χ4v) is 2.80. The molecule has 0 saturated carbocycles. The van der Waals surface area contributed by atoms with E-state index in [2.05, 4.69) is 0 Å². The van der Waals surface area contributed by atoms with E-state index in [1.165, 1.54) is 14.2 Å². The van der Waals surface area contributed by atoms with Gasteiger partial charge in [-0.2, -0.15) is 0 Å². The Labute approximate surface area is 174 Å². The molecule has 152 valence electrons. The summed E-state index contributed by atoms with van der Waals surface area (Å²) < 4.78 is 16.2. The standard InChI is InChI=1S/C24H20O6/c1-28-21-11-17(12-22(14-21)29-2)13-23(24(26)27)18-5-9-20(10-6-18)30-19-7-3-16(15-25)4-8-19/h3-15H,1-2H3,(H,26,27). The van der Waals surface area contributed by atoms with Crippen molar-refractivity contribution in [2.24, 2.45) is 0 Å². The highest BCUT2D eigenvalue weighted by atomic mass is 16.5. The second-order valence-electron chi connectivity index (χ2n) is 6.32. The van der Waals surface area contributed by atoms with Gasteiger partial charge in [-0.3, -0.25) is 4.79 Å². The Bertz CT molecular complexity index is 1040. The minimum absolute atomic E-state index is 0.118. The fourth-order valence-electron chi connectivity index (χ4n) is 2.80. The molecule has 0 aliphatic heterocycles. The number of benzene rings is 3. The number of ether oxygens (including phenoxy) is 3. The predicted molar refractivity (Wildman–Crippen MR) is 113 cm³/mol. The van der Waals surface area contributed by atoms with Crippen LogP contribution in [-0.4, -0.2) is 31.6 Å². The molecule has 6 heteroatoms. The Morgan fingerprint density at radius 2 is 1.30 bits per heavy atom. The van der Waals surface area contributed by atoms with Crippen LogP contribution in [0, 0.1) is 0 Å². The summed E-state index contributed by atoms with van der Waals surface area (Å²) in [6.45, 7) is 0. The van der Waals surface area contributed by atoms with Crippen LogP contribution in [0.1, 0.15) is 21.5 Å². The van der Waals surface area contributed by atoms with E-state index in [0.29, 0.717) is 39.7 Å². The first-order chi connectivity index (χ1) is 14.5. The van der Waals surface area contributed by atoms with Gasteiger partial charge in [0.1, 0.15) is 29.3 Å². The topological polar surface area (TPSA) is 82.1 Å². The number of rotatable bonds is 8. The lowest BCUT2D eigenvalue weighted by molar-refractivity contribution is -0.130. The first-order valence-electron chi connectivity index (χ1n) is 9.04. The third kappa shape index (κ3) is 5.05. The maximum Gasteiger partial charge on any atom is 0.336 e. The molecule has 0 bridgehead atoms. The van der Waals surface area contributed by atoms with Crippen LogP contribution in [0.15, 0.2) is 66.7 Å². The van der Waals surface area contributed by atoms with Gasteiger partial charge in [-0.1, -0.05) is 12.1 Å². The Morgan fingerprint density at radius 1 is 0.767 bits per heavy atom. The number of carboxylic acid groups (broad SMARTS) is 1. The molecule has 0 spiro atoms. The lowest BCUT2D eigenvalue weighted by Gasteiger charge is -2.09. The van der Waals surface area contributed by atoms with Crippen molar-refractivity contribution in [1.82, 2.24) is 0 Å². The minimum atomic E-state index is -1.06. The zero-order valence-electron chi connectivity index (χ0n) is 16.5. The van der Waals surface area contributed by atoms with Gasteiger partial charge in [0, 0.05) is 11.6 Å². The van der Waals surface area contributed by atoms with Gasteiger partial charge in [-0.15, -0.1) is 0 Å². The van der Waals surface area contributed by atoms with Crippen LogP contribution in [0.25, 0.3) is 11.6 Å². The number of carbonyl (C=O) groups is 2. The van der Waals surface area contributed by atoms with Crippen molar-refractivity contribution in [3.63, 3.8) is 0 Å². The summed E-state index contributed by atoms with van der Waals surface area (Å²) in [5, 5.41) is 9.70. The molecule has 3 aromatic rings. The molecule has 0 saturated heterocycles. The van der Waals surface area contributed by atoms with Gasteiger partial charge in [0.2, 0.25) is 0 Å². The first kappa shape index (κ1) is 20.7. The molecule has 0 aliphatic rings. The van der Waals surface area contributed by atoms with Crippen LogP contribution >= 0.6 is 0 Å². The summed E-state index contributed by atoms with van der Waals surface area (Å²) >= 11 is 0. The highest BCUT2D eigenvalue weighted by molar-refractivity contribution is 6.20. The van der Waals surface area contributed by atoms with Crippen LogP contribution in [0.2, 0.25) is 0 Å². The van der Waals surface area contributed by atoms with Crippen molar-refractivity contribution in [2.75, 3.05) is 14.2 Å². The average molecular weight is 404 g/mol. The van der Waals surface area contributed by atoms with E-state index in [9.17, 15) is 14.7 Å². The molecule has 0 aliphatic carbocycles. The van der Waals surface area contributed by atoms with Crippen molar-refractivity contribution in [3.05, 3.63) is 83.4 Å². The monoisotopic (exact) mass is 404 g/mol. The first-order valence-corrected chi connectivity index (χ1v) is 9.04. The summed E-state index contributed by atoms with van der Waals surface area (Å²) in [5.74, 6) is 1.19. The van der Waals surface area contributed by atoms with E-state index in [1.807, 2.05) is 0 Å². The van der Waals surface area contributed by atoms with Gasteiger partial charge in [-0.25, -0.2) is 4.79 Å². The Morgan fingerprint density at radius 3 is 1.77 bits per heavy atom. The number of aldehydes is 1. The highest BCUT2D eigenvalue weighted by Crippen LogP contribution is 2.28. The Hall–Kier alpha value is -4.06. The average Bonchev–Trinajstić information content (AvgIpc) is 2.78. The van der Waals surface area contributed by atoms with E-state index in [0.717, 1.165) is 6.29 Å². The Balaban J connectivity index is 1.87. The molecule has 0 fully saturated rings. The molecule has 1 N–H and O–H groups in total. The van der Waals surface area contributed by atoms with Crippen molar-refractivity contribution in [3.8, 4) is 23.0 Å². The molecule has 3 aromatic carbocycles. The van der Waals surface area contributed by atoms with Crippen LogP contribution in [-0.2, 0) is 4.79 Å². The summed E-state index contributed by atoms with van der Waals surface area (Å²) in [7, 11) is 3.07. The molecular weight excluding hydrogens is 384 g/mol. The largest absolute Gasteiger partial charge is 0.497 e. The lowest BCUT2D eigenvalue weighted by Crippen LogP contribution is -2.00. The van der Waals surface area contributed by atoms with Gasteiger partial charge >= 0.3 is 5.97 Å². The van der Waals surface area contributed by atoms with Crippen molar-refractivity contribution in [1.29, 1.82) is 0 Å². The third-order valence-electron chi connectivity index (χ3n) is 4.33. The van der Waals surface area contributed by atoms with Gasteiger partial charge in [0.25, 0.3) is 0 Å². The second-order valence-corrected chi connectivity index (χ2v) is 6.32. The normalized spacial score (nSPS) is 10.9. The van der Waals surface area contributed by atoms with E-state index in [-0.39, 0.29) is 5.57 Å². The maximum absolute atomic E-state index is 11.9. The van der Waals surface area contributed by atoms with Gasteiger partial charge in [0.05, 0.1) is 19.8 Å². The van der Waals surface area contributed by atoms with E-state index >= 15 is 0 Å². The number of hydrogen-bond acceptors (Lipinski definition) is 5. The van der Waals surface area contributed by atoms with Gasteiger partial charge in [0.15, 0.2) is 0 Å². The number of hydrogen-bond donors (Lipinski definition) is 1. The molecule has 0 amide bonds. The van der Waals surface area contributed by atoms with Crippen LogP contribution in [0.5, 0.6) is 23.0 Å². The van der Waals surface area contributed by atoms with Gasteiger partial charge < -0.3 is 19.3 Å². The zero-order valence-corrected chi connectivity index (χ0v) is 16.5. The van der Waals surface area contributed by atoms with Crippen molar-refractivity contribution >= 4 is 23.9 Å². The Kier molecular flexibility index (Phi) is 6.49.